The highest BCUT2D eigenvalue weighted by atomic mass is 16.2. The van der Waals surface area contributed by atoms with Crippen molar-refractivity contribution < 1.29 is 4.79 Å². The Kier molecular flexibility index (Phi) is 2.32. The number of allylic oxidation sites excluding steroid dienone is 1. The van der Waals surface area contributed by atoms with E-state index in [1.165, 1.54) is 0 Å². The lowest BCUT2D eigenvalue weighted by atomic mass is 10.3. The van der Waals surface area contributed by atoms with E-state index in [2.05, 4.69) is 22.1 Å². The second-order valence-corrected chi connectivity index (χ2v) is 2.60. The molecule has 1 aliphatic rings. The zero-order chi connectivity index (χ0) is 10.0. The van der Waals surface area contributed by atoms with Crippen LogP contribution in [0.4, 0.5) is 4.79 Å². The fourth-order valence-electron chi connectivity index (χ4n) is 0.837. The Morgan fingerprint density at radius 1 is 1.62 bits per heavy atom. The molecular weight excluding hydrogens is 170 g/mol. The van der Waals surface area contributed by atoms with Crippen LogP contribution in [-0.4, -0.2) is 29.6 Å². The van der Waals surface area contributed by atoms with Crippen molar-refractivity contribution in [1.29, 1.82) is 0 Å². The molecule has 2 amide bonds. The van der Waals surface area contributed by atoms with Gasteiger partial charge in [0, 0.05) is 7.05 Å². The average Bonchev–Trinajstić information content (AvgIpc) is 2.06. The Balaban J connectivity index is 2.87. The fraction of sp³-hybridized carbons (Fsp3) is 0.286. The largest absolute Gasteiger partial charge is 0.351 e. The van der Waals surface area contributed by atoms with Crippen LogP contribution in [0.1, 0.15) is 6.92 Å². The van der Waals surface area contributed by atoms with Gasteiger partial charge in [-0.2, -0.15) is 5.10 Å². The molecule has 70 valence electrons. The third-order valence-electron chi connectivity index (χ3n) is 1.67. The first kappa shape index (κ1) is 9.24. The summed E-state index contributed by atoms with van der Waals surface area (Å²) in [6.07, 6.45) is 0. The second-order valence-electron chi connectivity index (χ2n) is 2.60. The number of nitrogens with one attached hydrogen (secondary N) is 1. The van der Waals surface area contributed by atoms with Crippen LogP contribution in [-0.2, 0) is 0 Å². The van der Waals surface area contributed by atoms with Crippen LogP contribution >= 0.6 is 0 Å². The van der Waals surface area contributed by atoms with Crippen LogP contribution in [0.15, 0.2) is 22.5 Å². The van der Waals surface area contributed by atoms with Crippen molar-refractivity contribution >= 4 is 17.7 Å². The predicted octanol–water partition coefficient (Wildman–Crippen LogP) is -0.154. The van der Waals surface area contributed by atoms with Crippen molar-refractivity contribution in [2.75, 3.05) is 7.05 Å². The minimum atomic E-state index is -0.673. The normalized spacial score (nSPS) is 16.5. The molecule has 0 radical (unpaired) electrons. The Hall–Kier alpha value is -1.85. The van der Waals surface area contributed by atoms with Crippen LogP contribution in [0.3, 0.4) is 0 Å². The molecule has 1 heterocycles. The molecule has 1 rings (SSSR count). The molecule has 0 atom stereocenters. The van der Waals surface area contributed by atoms with Gasteiger partial charge in [-0.15, -0.1) is 5.10 Å². The molecular formula is C7H11N5O. The zero-order valence-electron chi connectivity index (χ0n) is 7.53. The minimum Gasteiger partial charge on any atom is -0.351 e. The molecule has 0 spiro atoms. The molecule has 6 nitrogen and oxygen atoms in total. The van der Waals surface area contributed by atoms with E-state index in [1.54, 1.807) is 18.9 Å². The van der Waals surface area contributed by atoms with Gasteiger partial charge in [0.05, 0.1) is 11.4 Å². The van der Waals surface area contributed by atoms with Gasteiger partial charge in [-0.1, -0.05) is 6.58 Å². The van der Waals surface area contributed by atoms with E-state index in [-0.39, 0.29) is 5.96 Å². The molecule has 0 aromatic carbocycles. The first-order chi connectivity index (χ1) is 6.02. The molecule has 0 aliphatic carbocycles. The van der Waals surface area contributed by atoms with Crippen LogP contribution in [0, 0.1) is 0 Å². The topological polar surface area (TPSA) is 83.1 Å². The monoisotopic (exact) mass is 181 g/mol. The van der Waals surface area contributed by atoms with Crippen molar-refractivity contribution in [3.8, 4) is 0 Å². The Morgan fingerprint density at radius 3 is 2.77 bits per heavy atom. The first-order valence-electron chi connectivity index (χ1n) is 3.64. The number of hydrogen-bond acceptors (Lipinski definition) is 4. The maximum Gasteiger partial charge on any atom is 0.318 e. The minimum absolute atomic E-state index is 0.281. The number of rotatable bonds is 0. The summed E-state index contributed by atoms with van der Waals surface area (Å²) in [6.45, 7) is 5.54. The van der Waals surface area contributed by atoms with Crippen molar-refractivity contribution in [3.05, 3.63) is 12.3 Å². The van der Waals surface area contributed by atoms with E-state index in [0.717, 1.165) is 0 Å². The SMILES string of the molecule is C=C1C(C)=NN=C(NC(N)=O)N1C. The third-order valence-corrected chi connectivity index (χ3v) is 1.67. The quantitative estimate of drug-likeness (QED) is 0.544. The number of urea groups is 1. The van der Waals surface area contributed by atoms with Gasteiger partial charge in [-0.25, -0.2) is 4.79 Å². The molecule has 6 heteroatoms. The van der Waals surface area contributed by atoms with E-state index in [1.807, 2.05) is 0 Å². The van der Waals surface area contributed by atoms with Crippen molar-refractivity contribution in [2.45, 2.75) is 6.92 Å². The van der Waals surface area contributed by atoms with Crippen LogP contribution < -0.4 is 11.1 Å². The van der Waals surface area contributed by atoms with E-state index in [4.69, 9.17) is 5.73 Å². The highest BCUT2D eigenvalue weighted by Crippen LogP contribution is 2.07. The van der Waals surface area contributed by atoms with E-state index >= 15 is 0 Å². The molecule has 3 N–H and O–H groups in total. The smallest absolute Gasteiger partial charge is 0.318 e. The lowest BCUT2D eigenvalue weighted by molar-refractivity contribution is 0.252. The van der Waals surface area contributed by atoms with Gasteiger partial charge in [-0.3, -0.25) is 5.32 Å². The van der Waals surface area contributed by atoms with Gasteiger partial charge in [0.2, 0.25) is 5.96 Å². The van der Waals surface area contributed by atoms with Crippen LogP contribution in [0.2, 0.25) is 0 Å². The van der Waals surface area contributed by atoms with Gasteiger partial charge < -0.3 is 10.6 Å². The van der Waals surface area contributed by atoms with E-state index < -0.39 is 6.03 Å². The number of nitrogens with zero attached hydrogens (tertiary/aromatic N) is 3. The Bertz CT molecular complexity index is 317. The number of nitrogens with two attached hydrogens (primary N) is 1. The highest BCUT2D eigenvalue weighted by molar-refractivity contribution is 6.06. The zero-order valence-corrected chi connectivity index (χ0v) is 7.53. The standard InChI is InChI=1S/C7H11N5O/c1-4-5(2)12(3)7(11-10-4)9-6(8)13/h2H2,1,3H3,(H3,8,9,11,13). The second kappa shape index (κ2) is 3.26. The summed E-state index contributed by atoms with van der Waals surface area (Å²) in [5.41, 5.74) is 6.32. The summed E-state index contributed by atoms with van der Waals surface area (Å²) in [7, 11) is 1.72. The number of primary amides is 1. The molecule has 0 unspecified atom stereocenters. The van der Waals surface area contributed by atoms with Gasteiger partial charge in [-0.05, 0) is 6.92 Å². The van der Waals surface area contributed by atoms with Gasteiger partial charge in [0.25, 0.3) is 0 Å². The summed E-state index contributed by atoms with van der Waals surface area (Å²) in [4.78, 5) is 12.1. The maximum absolute atomic E-state index is 10.5. The lowest BCUT2D eigenvalue weighted by Gasteiger charge is -2.24. The van der Waals surface area contributed by atoms with Gasteiger partial charge in [0.1, 0.15) is 0 Å². The lowest BCUT2D eigenvalue weighted by Crippen LogP contribution is -2.46. The predicted molar refractivity (Wildman–Crippen MR) is 50.2 cm³/mol. The molecule has 0 aromatic rings. The Morgan fingerprint density at radius 2 is 2.23 bits per heavy atom. The summed E-state index contributed by atoms with van der Waals surface area (Å²) >= 11 is 0. The number of carbonyl (C=O) groups excluding carboxylic acids is 1. The molecule has 0 saturated carbocycles. The van der Waals surface area contributed by atoms with Crippen molar-refractivity contribution in [1.82, 2.24) is 10.2 Å². The summed E-state index contributed by atoms with van der Waals surface area (Å²) in [5.74, 6) is 0.281. The molecule has 0 bridgehead atoms. The highest BCUT2D eigenvalue weighted by Gasteiger charge is 2.17. The molecule has 0 saturated heterocycles. The average molecular weight is 181 g/mol. The number of amides is 2. The summed E-state index contributed by atoms with van der Waals surface area (Å²) < 4.78 is 0. The van der Waals surface area contributed by atoms with Gasteiger partial charge >= 0.3 is 6.03 Å². The molecule has 0 aromatic heterocycles. The van der Waals surface area contributed by atoms with Gasteiger partial charge in [0.15, 0.2) is 0 Å². The molecule has 13 heavy (non-hydrogen) atoms. The fourth-order valence-corrected chi connectivity index (χ4v) is 0.837. The van der Waals surface area contributed by atoms with Crippen molar-refractivity contribution in [2.24, 2.45) is 15.9 Å². The van der Waals surface area contributed by atoms with Crippen molar-refractivity contribution in [3.63, 3.8) is 0 Å². The molecule has 0 fully saturated rings. The summed E-state index contributed by atoms with van der Waals surface area (Å²) in [6, 6.07) is -0.673. The third kappa shape index (κ3) is 1.84. The van der Waals surface area contributed by atoms with E-state index in [9.17, 15) is 4.79 Å². The Labute approximate surface area is 75.8 Å². The number of carbonyl (C=O) groups is 1. The number of hydrogen-bond donors (Lipinski definition) is 2. The number of guanidine groups is 1. The van der Waals surface area contributed by atoms with Crippen LogP contribution in [0.5, 0.6) is 0 Å². The van der Waals surface area contributed by atoms with Crippen LogP contribution in [0.25, 0.3) is 0 Å². The maximum atomic E-state index is 10.5. The summed E-state index contributed by atoms with van der Waals surface area (Å²) in [5, 5.41) is 9.86. The molecule has 1 aliphatic heterocycles. The van der Waals surface area contributed by atoms with E-state index in [0.29, 0.717) is 11.4 Å². The first-order valence-corrected chi connectivity index (χ1v) is 3.64.